The first-order valence-electron chi connectivity index (χ1n) is 5.60. The summed E-state index contributed by atoms with van der Waals surface area (Å²) >= 11 is 1.98. The Kier molecular flexibility index (Phi) is 2.26. The van der Waals surface area contributed by atoms with Gasteiger partial charge >= 0.3 is 0 Å². The molecular formula is C13H15NS. The molecule has 0 aliphatic heterocycles. The van der Waals surface area contributed by atoms with Crippen molar-refractivity contribution in [1.82, 2.24) is 0 Å². The average molecular weight is 217 g/mol. The number of hydrogen-bond acceptors (Lipinski definition) is 2. The van der Waals surface area contributed by atoms with Gasteiger partial charge in [-0.2, -0.15) is 0 Å². The van der Waals surface area contributed by atoms with Gasteiger partial charge in [-0.05, 0) is 48.7 Å². The molecular weight excluding hydrogens is 202 g/mol. The van der Waals surface area contributed by atoms with Gasteiger partial charge in [-0.25, -0.2) is 0 Å². The number of nitrogens with two attached hydrogens (primary N) is 1. The van der Waals surface area contributed by atoms with E-state index in [1.54, 1.807) is 4.88 Å². The third kappa shape index (κ3) is 1.68. The first-order chi connectivity index (χ1) is 7.38. The second kappa shape index (κ2) is 3.62. The van der Waals surface area contributed by atoms with Crippen molar-refractivity contribution in [3.8, 4) is 0 Å². The molecule has 1 heterocycles. The van der Waals surface area contributed by atoms with Crippen molar-refractivity contribution >= 4 is 21.4 Å². The Hall–Kier alpha value is -0.860. The Morgan fingerprint density at radius 1 is 1.33 bits per heavy atom. The summed E-state index contributed by atoms with van der Waals surface area (Å²) in [5.74, 6) is 0.869. The number of thiophene rings is 1. The molecule has 1 aliphatic rings. The summed E-state index contributed by atoms with van der Waals surface area (Å²) in [5, 5.41) is 1.41. The van der Waals surface area contributed by atoms with Crippen molar-refractivity contribution < 1.29 is 0 Å². The van der Waals surface area contributed by atoms with Crippen molar-refractivity contribution in [2.45, 2.75) is 25.2 Å². The highest BCUT2D eigenvalue weighted by Gasteiger charge is 2.25. The van der Waals surface area contributed by atoms with E-state index < -0.39 is 0 Å². The van der Waals surface area contributed by atoms with Crippen LogP contribution in [0.25, 0.3) is 10.1 Å². The van der Waals surface area contributed by atoms with Crippen LogP contribution < -0.4 is 5.73 Å². The fourth-order valence-corrected chi connectivity index (χ4v) is 3.43. The Bertz CT molecular complexity index is 482. The molecule has 0 unspecified atom stereocenters. The SMILES string of the molecule is NCCc1cccc2cc(C3CC3)sc12. The smallest absolute Gasteiger partial charge is 0.0378 e. The summed E-state index contributed by atoms with van der Waals surface area (Å²) in [5.41, 5.74) is 7.06. The molecule has 2 N–H and O–H groups in total. The zero-order valence-corrected chi connectivity index (χ0v) is 9.52. The van der Waals surface area contributed by atoms with Gasteiger partial charge in [-0.15, -0.1) is 11.3 Å². The molecule has 0 saturated heterocycles. The van der Waals surface area contributed by atoms with E-state index in [9.17, 15) is 0 Å². The normalized spacial score (nSPS) is 16.1. The zero-order valence-electron chi connectivity index (χ0n) is 8.70. The lowest BCUT2D eigenvalue weighted by Crippen LogP contribution is -2.02. The van der Waals surface area contributed by atoms with Crippen molar-refractivity contribution in [2.24, 2.45) is 5.73 Å². The molecule has 15 heavy (non-hydrogen) atoms. The van der Waals surface area contributed by atoms with Gasteiger partial charge in [0.25, 0.3) is 0 Å². The highest BCUT2D eigenvalue weighted by Crippen LogP contribution is 2.45. The fourth-order valence-electron chi connectivity index (χ4n) is 2.06. The average Bonchev–Trinajstić information content (AvgIpc) is 2.99. The number of rotatable bonds is 3. The van der Waals surface area contributed by atoms with Gasteiger partial charge in [0.2, 0.25) is 0 Å². The lowest BCUT2D eigenvalue weighted by atomic mass is 10.1. The van der Waals surface area contributed by atoms with Gasteiger partial charge in [0.1, 0.15) is 0 Å². The minimum absolute atomic E-state index is 0.746. The van der Waals surface area contributed by atoms with E-state index in [0.717, 1.165) is 18.9 Å². The molecule has 1 saturated carbocycles. The molecule has 2 heteroatoms. The number of fused-ring (bicyclic) bond motifs is 1. The first-order valence-corrected chi connectivity index (χ1v) is 6.41. The van der Waals surface area contributed by atoms with Gasteiger partial charge in [-0.1, -0.05) is 18.2 Å². The predicted molar refractivity (Wildman–Crippen MR) is 66.6 cm³/mol. The lowest BCUT2D eigenvalue weighted by Gasteiger charge is -1.99. The van der Waals surface area contributed by atoms with E-state index in [1.165, 1.54) is 28.5 Å². The van der Waals surface area contributed by atoms with Crippen molar-refractivity contribution in [3.63, 3.8) is 0 Å². The van der Waals surface area contributed by atoms with E-state index in [0.29, 0.717) is 0 Å². The quantitative estimate of drug-likeness (QED) is 0.839. The van der Waals surface area contributed by atoms with E-state index in [2.05, 4.69) is 24.3 Å². The summed E-state index contributed by atoms with van der Waals surface area (Å²) in [4.78, 5) is 1.58. The molecule has 1 fully saturated rings. The monoisotopic (exact) mass is 217 g/mol. The maximum atomic E-state index is 5.64. The van der Waals surface area contributed by atoms with Gasteiger partial charge in [0.15, 0.2) is 0 Å². The zero-order chi connectivity index (χ0) is 10.3. The lowest BCUT2D eigenvalue weighted by molar-refractivity contribution is 0.979. The summed E-state index contributed by atoms with van der Waals surface area (Å²) < 4.78 is 1.46. The molecule has 1 aromatic heterocycles. The van der Waals surface area contributed by atoms with Crippen LogP contribution in [0.4, 0.5) is 0 Å². The fraction of sp³-hybridized carbons (Fsp3) is 0.385. The largest absolute Gasteiger partial charge is 0.330 e. The molecule has 0 bridgehead atoms. The third-order valence-electron chi connectivity index (χ3n) is 3.04. The van der Waals surface area contributed by atoms with E-state index in [4.69, 9.17) is 5.73 Å². The van der Waals surface area contributed by atoms with E-state index >= 15 is 0 Å². The van der Waals surface area contributed by atoms with Gasteiger partial charge in [-0.3, -0.25) is 0 Å². The molecule has 1 nitrogen and oxygen atoms in total. The summed E-state index contributed by atoms with van der Waals surface area (Å²) in [6, 6.07) is 8.95. The van der Waals surface area contributed by atoms with Crippen molar-refractivity contribution in [2.75, 3.05) is 6.54 Å². The molecule has 78 valence electrons. The summed E-state index contributed by atoms with van der Waals surface area (Å²) in [7, 11) is 0. The van der Waals surface area contributed by atoms with Crippen LogP contribution in [0.2, 0.25) is 0 Å². The molecule has 0 atom stereocenters. The highest BCUT2D eigenvalue weighted by atomic mass is 32.1. The Balaban J connectivity index is 2.11. The van der Waals surface area contributed by atoms with Crippen LogP contribution in [0, 0.1) is 0 Å². The molecule has 1 aliphatic carbocycles. The molecule has 0 radical (unpaired) electrons. The topological polar surface area (TPSA) is 26.0 Å². The van der Waals surface area contributed by atoms with Crippen molar-refractivity contribution in [1.29, 1.82) is 0 Å². The first kappa shape index (κ1) is 9.37. The maximum Gasteiger partial charge on any atom is 0.0378 e. The summed E-state index contributed by atoms with van der Waals surface area (Å²) in [6.07, 6.45) is 3.78. The van der Waals surface area contributed by atoms with Crippen LogP contribution in [-0.4, -0.2) is 6.54 Å². The molecule has 0 amide bonds. The van der Waals surface area contributed by atoms with Crippen LogP contribution in [0.3, 0.4) is 0 Å². The number of benzene rings is 1. The maximum absolute atomic E-state index is 5.64. The van der Waals surface area contributed by atoms with E-state index in [1.807, 2.05) is 11.3 Å². The minimum atomic E-state index is 0.746. The van der Waals surface area contributed by atoms with E-state index in [-0.39, 0.29) is 0 Å². The summed E-state index contributed by atoms with van der Waals surface area (Å²) in [6.45, 7) is 0.746. The predicted octanol–water partition coefficient (Wildman–Crippen LogP) is 3.28. The Labute approximate surface area is 93.9 Å². The van der Waals surface area contributed by atoms with Crippen LogP contribution in [0.1, 0.15) is 29.2 Å². The minimum Gasteiger partial charge on any atom is -0.330 e. The van der Waals surface area contributed by atoms with Gasteiger partial charge in [0.05, 0.1) is 0 Å². The highest BCUT2D eigenvalue weighted by molar-refractivity contribution is 7.19. The van der Waals surface area contributed by atoms with Crippen molar-refractivity contribution in [3.05, 3.63) is 34.7 Å². The molecule has 2 aromatic rings. The Morgan fingerprint density at radius 3 is 2.93 bits per heavy atom. The van der Waals surface area contributed by atoms with Gasteiger partial charge < -0.3 is 5.73 Å². The van der Waals surface area contributed by atoms with Crippen LogP contribution in [0.5, 0.6) is 0 Å². The molecule has 3 rings (SSSR count). The Morgan fingerprint density at radius 2 is 2.20 bits per heavy atom. The molecule has 0 spiro atoms. The number of hydrogen-bond donors (Lipinski definition) is 1. The second-order valence-electron chi connectivity index (χ2n) is 4.30. The second-order valence-corrected chi connectivity index (χ2v) is 5.38. The molecule has 1 aromatic carbocycles. The van der Waals surface area contributed by atoms with Crippen LogP contribution in [-0.2, 0) is 6.42 Å². The van der Waals surface area contributed by atoms with Gasteiger partial charge in [0, 0.05) is 9.58 Å². The standard InChI is InChI=1S/C13H15NS/c14-7-6-10-2-1-3-11-8-12(9-4-5-9)15-13(10)11/h1-3,8-9H,4-7,14H2. The van der Waals surface area contributed by atoms with Crippen LogP contribution >= 0.6 is 11.3 Å². The third-order valence-corrected chi connectivity index (χ3v) is 4.43. The van der Waals surface area contributed by atoms with Crippen LogP contribution in [0.15, 0.2) is 24.3 Å².